The Hall–Kier alpha value is -7.63. The molecule has 0 unspecified atom stereocenters. The summed E-state index contributed by atoms with van der Waals surface area (Å²) in [6.07, 6.45) is 0.899. The van der Waals surface area contributed by atoms with Crippen molar-refractivity contribution in [2.75, 3.05) is 88.7 Å². The number of ether oxygens (including phenoxy) is 1. The van der Waals surface area contributed by atoms with Crippen LogP contribution in [-0.2, 0) is 79.7 Å². The zero-order valence-corrected chi connectivity index (χ0v) is 63.3. The highest BCUT2D eigenvalue weighted by Gasteiger charge is 2.52. The number of nitrogens with one attached hydrogen (secondary N) is 3. The Morgan fingerprint density at radius 1 is 0.683 bits per heavy atom. The molecule has 1 aromatic carbocycles. The fourth-order valence-electron chi connectivity index (χ4n) is 15.7. The maximum absolute atomic E-state index is 15.7. The zero-order chi connectivity index (χ0) is 77.0. The number of benzene rings is 1. The number of rotatable bonds is 13. The van der Waals surface area contributed by atoms with Crippen molar-refractivity contribution in [1.29, 1.82) is 0 Å². The molecule has 10 atom stereocenters. The molecule has 1 spiro atoms. The minimum Gasteiger partial charge on any atom is -0.481 e. The van der Waals surface area contributed by atoms with Gasteiger partial charge in [0.05, 0.1) is 43.2 Å². The van der Waals surface area contributed by atoms with Gasteiger partial charge in [0.2, 0.25) is 70.9 Å². The summed E-state index contributed by atoms with van der Waals surface area (Å²) < 4.78 is 47.3. The van der Waals surface area contributed by atoms with Gasteiger partial charge in [-0.25, -0.2) is 0 Å². The number of alkyl halides is 3. The molecule has 3 heterocycles. The monoisotopic (exact) mass is 1490 g/mol. The molecule has 6 aliphatic rings. The average molecular weight is 1490 g/mol. The third kappa shape index (κ3) is 20.1. The Morgan fingerprint density at radius 2 is 1.30 bits per heavy atom. The van der Waals surface area contributed by atoms with Crippen molar-refractivity contribution < 1.29 is 85.3 Å². The lowest BCUT2D eigenvalue weighted by molar-refractivity contribution is -0.160. The van der Waals surface area contributed by atoms with Gasteiger partial charge in [-0.3, -0.25) is 62.3 Å². The number of hydrogen-bond acceptors (Lipinski definition) is 14. The lowest BCUT2D eigenvalue weighted by Gasteiger charge is -2.45. The Kier molecular flexibility index (Phi) is 29.4. The van der Waals surface area contributed by atoms with E-state index in [0.717, 1.165) is 72.1 Å². The van der Waals surface area contributed by atoms with Crippen LogP contribution in [0.2, 0.25) is 5.02 Å². The number of carboxylic acid groups (broad SMARTS) is 1. The molecular formula is C73H110ClF3N12O15. The number of hydrogen-bond donors (Lipinski definition) is 4. The summed E-state index contributed by atoms with van der Waals surface area (Å²) in [5.41, 5.74) is -2.75. The van der Waals surface area contributed by atoms with Crippen molar-refractivity contribution in [2.24, 2.45) is 23.7 Å². The maximum atomic E-state index is 15.7. The van der Waals surface area contributed by atoms with Crippen LogP contribution in [0.4, 0.5) is 13.2 Å². The van der Waals surface area contributed by atoms with E-state index in [1.54, 1.807) is 6.92 Å². The first-order valence-corrected chi connectivity index (χ1v) is 37.3. The third-order valence-corrected chi connectivity index (χ3v) is 23.0. The lowest BCUT2D eigenvalue weighted by atomic mass is 9.84. The number of carboxylic acids is 1. The summed E-state index contributed by atoms with van der Waals surface area (Å²) in [5, 5.41) is 18.2. The highest BCUT2D eigenvalue weighted by molar-refractivity contribution is 6.31. The van der Waals surface area contributed by atoms with Crippen molar-refractivity contribution in [3.8, 4) is 0 Å². The molecule has 27 nitrogen and oxygen atoms in total. The van der Waals surface area contributed by atoms with Crippen molar-refractivity contribution in [2.45, 2.75) is 236 Å². The van der Waals surface area contributed by atoms with E-state index in [1.807, 2.05) is 20.8 Å². The second kappa shape index (κ2) is 36.6. The molecule has 4 N–H and O–H groups in total. The number of carbonyl (C=O) groups excluding carboxylic acids is 12. The Balaban J connectivity index is 1.32. The molecule has 3 aliphatic heterocycles. The van der Waals surface area contributed by atoms with Gasteiger partial charge in [0.15, 0.2) is 0 Å². The molecule has 3 aliphatic carbocycles. The van der Waals surface area contributed by atoms with Crippen LogP contribution >= 0.6 is 11.6 Å². The van der Waals surface area contributed by atoms with Gasteiger partial charge in [-0.05, 0) is 106 Å². The van der Waals surface area contributed by atoms with Gasteiger partial charge in [-0.15, -0.1) is 0 Å². The summed E-state index contributed by atoms with van der Waals surface area (Å²) in [7, 11) is 9.46. The topological polar surface area (TPSA) is 317 Å². The van der Waals surface area contributed by atoms with Gasteiger partial charge in [0.1, 0.15) is 59.9 Å². The highest BCUT2D eigenvalue weighted by Crippen LogP contribution is 2.39. The number of nitrogens with zero attached hydrogens (tertiary/aromatic N) is 9. The highest BCUT2D eigenvalue weighted by atomic mass is 35.5. The molecule has 12 amide bonds. The minimum absolute atomic E-state index is 0.00224. The van der Waals surface area contributed by atoms with E-state index in [0.29, 0.717) is 44.9 Å². The van der Waals surface area contributed by atoms with Crippen LogP contribution in [0.3, 0.4) is 0 Å². The first kappa shape index (κ1) is 83.6. The van der Waals surface area contributed by atoms with Crippen molar-refractivity contribution >= 4 is 88.5 Å². The van der Waals surface area contributed by atoms with E-state index in [1.165, 1.54) is 78.6 Å². The van der Waals surface area contributed by atoms with Crippen LogP contribution < -0.4 is 16.0 Å². The quantitative estimate of drug-likeness (QED) is 0.208. The van der Waals surface area contributed by atoms with Crippen molar-refractivity contribution in [3.63, 3.8) is 0 Å². The van der Waals surface area contributed by atoms with Gasteiger partial charge in [-0.2, -0.15) is 13.2 Å². The molecule has 1 aromatic rings. The van der Waals surface area contributed by atoms with Crippen molar-refractivity contribution in [1.82, 2.24) is 60.0 Å². The SMILES string of the molecule is CC[C@H](C)[C@@H]1NC(=O)[C@@H](CC(C)C)N(C)C(=O)C[C@@H](C(=O)N2CCOCC2)N(C)C(=O)[C@H](C2CCCC2)N(C)C(=O)C2(CCCC2)NC(=O)[C@H](CC(=O)O)N(C)C(=O)[C@H](CCc2ccc(C(F)(F)F)c(Cl)c2)NC(=O)CN(C)C(=O)[C@H](CC2CCCCC2)N(C)C(=O)[C@@H]2CCN2C(=O)[C@H](C)N(C)C1=O. The van der Waals surface area contributed by atoms with E-state index >= 15 is 33.6 Å². The number of fused-ring (bicyclic) bond motifs is 1. The van der Waals surface area contributed by atoms with Gasteiger partial charge < -0.3 is 69.9 Å². The molecule has 0 aromatic heterocycles. The second-order valence-corrected chi connectivity index (χ2v) is 30.6. The predicted molar refractivity (Wildman–Crippen MR) is 377 cm³/mol. The molecule has 580 valence electrons. The van der Waals surface area contributed by atoms with E-state index in [2.05, 4.69) is 16.0 Å². The number of carbonyl (C=O) groups is 13. The van der Waals surface area contributed by atoms with E-state index in [4.69, 9.17) is 16.3 Å². The number of morpholine rings is 1. The second-order valence-electron chi connectivity index (χ2n) is 30.2. The van der Waals surface area contributed by atoms with Crippen LogP contribution in [0.1, 0.15) is 174 Å². The van der Waals surface area contributed by atoms with E-state index < -0.39 is 185 Å². The number of aliphatic carboxylic acids is 1. The van der Waals surface area contributed by atoms with E-state index in [-0.39, 0.29) is 95.2 Å². The zero-order valence-electron chi connectivity index (χ0n) is 62.5. The molecule has 3 saturated heterocycles. The molecule has 0 bridgehead atoms. The maximum Gasteiger partial charge on any atom is 0.417 e. The van der Waals surface area contributed by atoms with Crippen molar-refractivity contribution in [3.05, 3.63) is 34.3 Å². The fraction of sp³-hybridized carbons (Fsp3) is 0.740. The number of halogens is 4. The molecule has 6 fully saturated rings. The summed E-state index contributed by atoms with van der Waals surface area (Å²) in [5.74, 6) is -11.9. The van der Waals surface area contributed by atoms with E-state index in [9.17, 15) is 47.0 Å². The Labute approximate surface area is 613 Å². The van der Waals surface area contributed by atoms with Crippen LogP contribution in [0, 0.1) is 23.7 Å². The largest absolute Gasteiger partial charge is 0.481 e. The smallest absolute Gasteiger partial charge is 0.417 e. The van der Waals surface area contributed by atoms with Crippen LogP contribution in [0.15, 0.2) is 18.2 Å². The third-order valence-electron chi connectivity index (χ3n) is 22.7. The number of likely N-dealkylation sites (N-methyl/N-ethyl adjacent to an activating group) is 7. The van der Waals surface area contributed by atoms with Gasteiger partial charge >= 0.3 is 12.1 Å². The summed E-state index contributed by atoms with van der Waals surface area (Å²) in [4.78, 5) is 205. The first-order chi connectivity index (χ1) is 48.9. The molecule has 3 saturated carbocycles. The first-order valence-electron chi connectivity index (χ1n) is 37.0. The molecule has 0 radical (unpaired) electrons. The van der Waals surface area contributed by atoms with Gasteiger partial charge in [0.25, 0.3) is 0 Å². The summed E-state index contributed by atoms with van der Waals surface area (Å²) >= 11 is 6.13. The molecule has 104 heavy (non-hydrogen) atoms. The fourth-order valence-corrected chi connectivity index (χ4v) is 16.0. The molecule has 31 heteroatoms. The number of amides is 12. The van der Waals surface area contributed by atoms with Crippen LogP contribution in [0.25, 0.3) is 0 Å². The lowest BCUT2D eigenvalue weighted by Crippen LogP contribution is -2.65. The standard InChI is InChI=1S/C73H110ClF3N12O15/c1-13-44(4)60-69(101)82(7)45(5)64(96)89-32-29-52(89)67(99)85(10)55(39-46-21-15-14-16-22-46)66(98)81(6)42-57(90)78-51(28-26-47-25-27-49(50(74)38-47)73(75,76)77)65(97)84(9)54(41-59(92)93)63(95)80-72(30-19-20-31-72)71(103)87(12)61(48-23-17-18-24-48)70(102)86(11)56(68(100)88-33-35-104-36-34-88)40-58(91)83(8)53(37-43(2)3)62(94)79-60/h25,27,38,43-46,48,51-56,60-61H,13-24,26,28-37,39-42H2,1-12H3,(H,78,90)(H,79,94)(H,80,95)(H,92,93)/t44-,45-,51-,52-,53+,54-,55-,56-,60-,61-/m0/s1. The van der Waals surface area contributed by atoms with Gasteiger partial charge in [0, 0.05) is 69.0 Å². The molecular weight excluding hydrogens is 1380 g/mol. The Bertz CT molecular complexity index is 3300. The minimum atomic E-state index is -4.82. The number of aryl methyl sites for hydroxylation is 1. The average Bonchev–Trinajstić information content (AvgIpc) is 1.39. The van der Waals surface area contributed by atoms with Crippen LogP contribution in [0.5, 0.6) is 0 Å². The van der Waals surface area contributed by atoms with Gasteiger partial charge in [-0.1, -0.05) is 110 Å². The van der Waals surface area contributed by atoms with Crippen LogP contribution in [-0.4, -0.2) is 275 Å². The predicted octanol–water partition coefficient (Wildman–Crippen LogP) is 4.72. The Morgan fingerprint density at radius 3 is 1.87 bits per heavy atom. The summed E-state index contributed by atoms with van der Waals surface area (Å²) in [6.45, 7) is 8.68. The normalized spacial score (nSPS) is 27.5. The summed E-state index contributed by atoms with van der Waals surface area (Å²) in [6, 6.07) is -9.42. The molecule has 7 rings (SSSR count).